The number of carbonyl (C=O) groups excluding carboxylic acids is 1. The second kappa shape index (κ2) is 6.96. The van der Waals surface area contributed by atoms with Gasteiger partial charge >= 0.3 is 0 Å². The first-order valence-corrected chi connectivity index (χ1v) is 10.4. The molecule has 0 fully saturated rings. The van der Waals surface area contributed by atoms with Gasteiger partial charge in [-0.2, -0.15) is 0 Å². The van der Waals surface area contributed by atoms with Crippen molar-refractivity contribution in [2.45, 2.75) is 32.9 Å². The van der Waals surface area contributed by atoms with Crippen molar-refractivity contribution < 1.29 is 17.6 Å². The van der Waals surface area contributed by atoms with Crippen LogP contribution in [0.1, 0.15) is 31.9 Å². The Bertz CT molecular complexity index is 981. The molecule has 0 unspecified atom stereocenters. The Labute approximate surface area is 159 Å². The zero-order valence-electron chi connectivity index (χ0n) is 15.6. The van der Waals surface area contributed by atoms with Crippen molar-refractivity contribution >= 4 is 27.3 Å². The Hall–Kier alpha value is -2.41. The predicted molar refractivity (Wildman–Crippen MR) is 105 cm³/mol. The summed E-state index contributed by atoms with van der Waals surface area (Å²) in [5.74, 6) is -0.735. The molecule has 0 saturated carbocycles. The smallest absolute Gasteiger partial charge is 0.236 e. The van der Waals surface area contributed by atoms with E-state index in [4.69, 9.17) is 0 Å². The standard InChI is InChI=1S/C20H23FN2O3S/c1-20(2,3)19(24)23-10-9-15-12-17(7-8-18(15)23)22-27(25,26)13-14-5-4-6-16(21)11-14/h4-8,11-12,22H,9-10,13H2,1-3H3. The normalized spacial score (nSPS) is 14.1. The van der Waals surface area contributed by atoms with Crippen LogP contribution in [0.3, 0.4) is 0 Å². The number of fused-ring (bicyclic) bond motifs is 1. The third-order valence-electron chi connectivity index (χ3n) is 4.38. The monoisotopic (exact) mass is 390 g/mol. The van der Waals surface area contributed by atoms with Crippen LogP contribution in [0.2, 0.25) is 0 Å². The predicted octanol–water partition coefficient (Wildman–Crippen LogP) is 3.70. The van der Waals surface area contributed by atoms with E-state index < -0.39 is 21.3 Å². The molecule has 27 heavy (non-hydrogen) atoms. The first-order valence-electron chi connectivity index (χ1n) is 8.75. The average Bonchev–Trinajstić information content (AvgIpc) is 2.95. The molecule has 1 aliphatic heterocycles. The van der Waals surface area contributed by atoms with E-state index in [1.165, 1.54) is 18.2 Å². The lowest BCUT2D eigenvalue weighted by molar-refractivity contribution is -0.125. The van der Waals surface area contributed by atoms with E-state index in [0.717, 1.165) is 11.3 Å². The van der Waals surface area contributed by atoms with E-state index in [1.54, 1.807) is 29.2 Å². The van der Waals surface area contributed by atoms with Gasteiger partial charge in [-0.05, 0) is 47.9 Å². The van der Waals surface area contributed by atoms with Crippen LogP contribution in [-0.2, 0) is 27.0 Å². The molecule has 0 aliphatic carbocycles. The summed E-state index contributed by atoms with van der Waals surface area (Å²) < 4.78 is 40.6. The molecule has 2 aromatic rings. The number of benzene rings is 2. The van der Waals surface area contributed by atoms with Gasteiger partial charge in [0, 0.05) is 23.3 Å². The highest BCUT2D eigenvalue weighted by Gasteiger charge is 2.32. The molecule has 0 saturated heterocycles. The fraction of sp³-hybridized carbons (Fsp3) is 0.350. The minimum atomic E-state index is -3.67. The summed E-state index contributed by atoms with van der Waals surface area (Å²) >= 11 is 0. The molecule has 0 atom stereocenters. The van der Waals surface area contributed by atoms with Crippen LogP contribution < -0.4 is 9.62 Å². The van der Waals surface area contributed by atoms with Crippen LogP contribution >= 0.6 is 0 Å². The number of nitrogens with zero attached hydrogens (tertiary/aromatic N) is 1. The van der Waals surface area contributed by atoms with Crippen molar-refractivity contribution in [2.24, 2.45) is 5.41 Å². The maximum absolute atomic E-state index is 13.3. The van der Waals surface area contributed by atoms with Gasteiger partial charge in [0.2, 0.25) is 15.9 Å². The van der Waals surface area contributed by atoms with Crippen molar-refractivity contribution in [3.8, 4) is 0 Å². The molecule has 1 aliphatic rings. The molecular weight excluding hydrogens is 367 g/mol. The first-order chi connectivity index (χ1) is 12.5. The highest BCUT2D eigenvalue weighted by atomic mass is 32.2. The largest absolute Gasteiger partial charge is 0.311 e. The minimum Gasteiger partial charge on any atom is -0.311 e. The lowest BCUT2D eigenvalue weighted by Crippen LogP contribution is -2.38. The Kier molecular flexibility index (Phi) is 4.99. The first kappa shape index (κ1) is 19.4. The summed E-state index contributed by atoms with van der Waals surface area (Å²) in [6, 6.07) is 10.7. The molecule has 0 radical (unpaired) electrons. The van der Waals surface area contributed by atoms with Gasteiger partial charge in [-0.15, -0.1) is 0 Å². The summed E-state index contributed by atoms with van der Waals surface area (Å²) in [6.07, 6.45) is 0.677. The SMILES string of the molecule is CC(C)(C)C(=O)N1CCc2cc(NS(=O)(=O)Cc3cccc(F)c3)ccc21. The maximum Gasteiger partial charge on any atom is 0.236 e. The van der Waals surface area contributed by atoms with Crippen LogP contribution in [0.5, 0.6) is 0 Å². The molecule has 0 spiro atoms. The third-order valence-corrected chi connectivity index (χ3v) is 5.64. The van der Waals surface area contributed by atoms with Gasteiger partial charge in [0.1, 0.15) is 5.82 Å². The van der Waals surface area contributed by atoms with Crippen molar-refractivity contribution in [3.63, 3.8) is 0 Å². The second-order valence-corrected chi connectivity index (χ2v) is 9.51. The number of hydrogen-bond acceptors (Lipinski definition) is 3. The third kappa shape index (κ3) is 4.47. The summed E-state index contributed by atoms with van der Waals surface area (Å²) in [7, 11) is -3.67. The molecular formula is C20H23FN2O3S. The molecule has 5 nitrogen and oxygen atoms in total. The van der Waals surface area contributed by atoms with Crippen molar-refractivity contribution in [1.29, 1.82) is 0 Å². The number of nitrogens with one attached hydrogen (secondary N) is 1. The lowest BCUT2D eigenvalue weighted by Gasteiger charge is -2.26. The molecule has 1 amide bonds. The number of amides is 1. The van der Waals surface area contributed by atoms with Crippen LogP contribution in [-0.4, -0.2) is 20.9 Å². The van der Waals surface area contributed by atoms with Crippen LogP contribution in [0.25, 0.3) is 0 Å². The van der Waals surface area contributed by atoms with Crippen LogP contribution in [0.4, 0.5) is 15.8 Å². The molecule has 144 valence electrons. The molecule has 3 rings (SSSR count). The Morgan fingerprint density at radius 1 is 1.19 bits per heavy atom. The molecule has 2 aromatic carbocycles. The number of sulfonamides is 1. The summed E-state index contributed by atoms with van der Waals surface area (Å²) in [5.41, 5.74) is 2.09. The summed E-state index contributed by atoms with van der Waals surface area (Å²) in [5, 5.41) is 0. The zero-order valence-corrected chi connectivity index (χ0v) is 16.4. The molecule has 1 N–H and O–H groups in total. The van der Waals surface area contributed by atoms with Crippen LogP contribution in [0.15, 0.2) is 42.5 Å². The van der Waals surface area contributed by atoms with Crippen molar-refractivity contribution in [2.75, 3.05) is 16.2 Å². The highest BCUT2D eigenvalue weighted by Crippen LogP contribution is 2.34. The van der Waals surface area contributed by atoms with Crippen molar-refractivity contribution in [3.05, 3.63) is 59.4 Å². The Morgan fingerprint density at radius 2 is 1.93 bits per heavy atom. The fourth-order valence-electron chi connectivity index (χ4n) is 3.14. The minimum absolute atomic E-state index is 0.0423. The van der Waals surface area contributed by atoms with E-state index in [1.807, 2.05) is 20.8 Å². The van der Waals surface area contributed by atoms with Gasteiger partial charge < -0.3 is 4.90 Å². The van der Waals surface area contributed by atoms with E-state index >= 15 is 0 Å². The number of hydrogen-bond donors (Lipinski definition) is 1. The second-order valence-electron chi connectivity index (χ2n) is 7.79. The zero-order chi connectivity index (χ0) is 19.8. The molecule has 0 aromatic heterocycles. The van der Waals surface area contributed by atoms with Crippen molar-refractivity contribution in [1.82, 2.24) is 0 Å². The van der Waals surface area contributed by atoms with Gasteiger partial charge in [0.05, 0.1) is 5.75 Å². The number of halogens is 1. The average molecular weight is 390 g/mol. The summed E-state index contributed by atoms with van der Waals surface area (Å²) in [6.45, 7) is 6.22. The lowest BCUT2D eigenvalue weighted by atomic mass is 9.94. The van der Waals surface area contributed by atoms with Crippen LogP contribution in [0, 0.1) is 11.2 Å². The van der Waals surface area contributed by atoms with E-state index in [-0.39, 0.29) is 11.7 Å². The molecule has 0 bridgehead atoms. The Balaban J connectivity index is 1.77. The molecule has 1 heterocycles. The van der Waals surface area contributed by atoms with E-state index in [0.29, 0.717) is 24.2 Å². The molecule has 7 heteroatoms. The summed E-state index contributed by atoms with van der Waals surface area (Å²) in [4.78, 5) is 14.3. The quantitative estimate of drug-likeness (QED) is 0.866. The van der Waals surface area contributed by atoms with Gasteiger partial charge in [-0.25, -0.2) is 12.8 Å². The maximum atomic E-state index is 13.3. The Morgan fingerprint density at radius 3 is 2.59 bits per heavy atom. The topological polar surface area (TPSA) is 66.5 Å². The number of rotatable bonds is 4. The number of carbonyl (C=O) groups is 1. The van der Waals surface area contributed by atoms with Gasteiger partial charge in [-0.3, -0.25) is 9.52 Å². The highest BCUT2D eigenvalue weighted by molar-refractivity contribution is 7.91. The van der Waals surface area contributed by atoms with Gasteiger partial charge in [0.25, 0.3) is 0 Å². The fourth-order valence-corrected chi connectivity index (χ4v) is 4.32. The van der Waals surface area contributed by atoms with Gasteiger partial charge in [-0.1, -0.05) is 32.9 Å². The van der Waals surface area contributed by atoms with E-state index in [2.05, 4.69) is 4.72 Å². The number of anilines is 2. The van der Waals surface area contributed by atoms with Gasteiger partial charge in [0.15, 0.2) is 0 Å². The van der Waals surface area contributed by atoms with E-state index in [9.17, 15) is 17.6 Å².